The van der Waals surface area contributed by atoms with Crippen LogP contribution in [0.3, 0.4) is 0 Å². The predicted octanol–water partition coefficient (Wildman–Crippen LogP) is 4.32. The molecule has 1 fully saturated rings. The summed E-state index contributed by atoms with van der Waals surface area (Å²) >= 11 is 5.90. The van der Waals surface area contributed by atoms with E-state index >= 15 is 0 Å². The van der Waals surface area contributed by atoms with Gasteiger partial charge in [0.25, 0.3) is 5.91 Å². The monoisotopic (exact) mass is 547 g/mol. The van der Waals surface area contributed by atoms with Crippen molar-refractivity contribution in [2.45, 2.75) is 42.8 Å². The summed E-state index contributed by atoms with van der Waals surface area (Å²) in [5.74, 6) is -3.36. The number of rotatable bonds is 9. The third-order valence-corrected chi connectivity index (χ3v) is 8.25. The minimum absolute atomic E-state index is 0.148. The number of nitrogens with two attached hydrogens (primary N) is 1. The molecule has 0 bridgehead atoms. The van der Waals surface area contributed by atoms with Gasteiger partial charge in [0.1, 0.15) is 17.7 Å². The van der Waals surface area contributed by atoms with Crippen LogP contribution in [0.2, 0.25) is 5.02 Å². The highest BCUT2D eigenvalue weighted by molar-refractivity contribution is 7.89. The molecule has 0 aromatic heterocycles. The molecule has 4 rings (SSSR count). The average molecular weight is 548 g/mol. The van der Waals surface area contributed by atoms with E-state index in [1.165, 1.54) is 36.4 Å². The molecule has 7 nitrogen and oxygen atoms in total. The van der Waals surface area contributed by atoms with Crippen LogP contribution in [0, 0.1) is 11.6 Å². The number of hydrogen-bond donors (Lipinski definition) is 2. The summed E-state index contributed by atoms with van der Waals surface area (Å²) < 4.78 is 56.2. The minimum atomic E-state index is -4.42. The van der Waals surface area contributed by atoms with Gasteiger partial charge in [-0.1, -0.05) is 23.7 Å². The standard InChI is InChI=1S/C26H24ClF2N3O4S/c27-19-8-10-23(11-9-19)37(35,36)32(24(25(30)33)18-12-20(28)14-21(29)13-18)15-16-4-6-17(7-5-16)26(34)31-22-2-1-3-22/h4-14,22,24H,1-3,15H2,(H2,30,33)(H,31,34). The van der Waals surface area contributed by atoms with Gasteiger partial charge in [-0.15, -0.1) is 0 Å². The molecule has 0 radical (unpaired) electrons. The second-order valence-electron chi connectivity index (χ2n) is 8.81. The molecule has 1 saturated carbocycles. The van der Waals surface area contributed by atoms with Crippen LogP contribution in [0.5, 0.6) is 0 Å². The van der Waals surface area contributed by atoms with Crippen molar-refractivity contribution >= 4 is 33.4 Å². The number of halogens is 3. The first-order valence-electron chi connectivity index (χ1n) is 11.5. The number of nitrogens with zero attached hydrogens (tertiary/aromatic N) is 1. The molecule has 0 heterocycles. The maximum atomic E-state index is 14.0. The Morgan fingerprint density at radius 1 is 1.00 bits per heavy atom. The molecule has 37 heavy (non-hydrogen) atoms. The summed E-state index contributed by atoms with van der Waals surface area (Å²) in [4.78, 5) is 24.8. The van der Waals surface area contributed by atoms with Crippen molar-refractivity contribution in [1.29, 1.82) is 0 Å². The van der Waals surface area contributed by atoms with E-state index in [0.717, 1.165) is 35.7 Å². The van der Waals surface area contributed by atoms with Crippen LogP contribution in [-0.2, 0) is 21.4 Å². The van der Waals surface area contributed by atoms with E-state index in [-0.39, 0.29) is 29.0 Å². The van der Waals surface area contributed by atoms with Crippen LogP contribution in [0.25, 0.3) is 0 Å². The third-order valence-electron chi connectivity index (χ3n) is 6.17. The molecular weight excluding hydrogens is 524 g/mol. The summed E-state index contributed by atoms with van der Waals surface area (Å²) in [5.41, 5.74) is 6.13. The topological polar surface area (TPSA) is 110 Å². The fourth-order valence-corrected chi connectivity index (χ4v) is 5.72. The Balaban J connectivity index is 1.72. The van der Waals surface area contributed by atoms with Gasteiger partial charge in [-0.25, -0.2) is 17.2 Å². The van der Waals surface area contributed by atoms with Crippen molar-refractivity contribution in [3.63, 3.8) is 0 Å². The molecule has 3 aromatic carbocycles. The van der Waals surface area contributed by atoms with Crippen molar-refractivity contribution in [2.24, 2.45) is 5.73 Å². The van der Waals surface area contributed by atoms with Crippen LogP contribution < -0.4 is 11.1 Å². The lowest BCUT2D eigenvalue weighted by atomic mass is 9.93. The van der Waals surface area contributed by atoms with E-state index in [2.05, 4.69) is 5.32 Å². The molecule has 3 aromatic rings. The first-order valence-corrected chi connectivity index (χ1v) is 13.3. The van der Waals surface area contributed by atoms with E-state index in [9.17, 15) is 26.8 Å². The normalized spacial score (nSPS) is 14.7. The zero-order chi connectivity index (χ0) is 26.7. The van der Waals surface area contributed by atoms with Crippen LogP contribution in [0.1, 0.15) is 46.8 Å². The van der Waals surface area contributed by atoms with Crippen molar-refractivity contribution in [1.82, 2.24) is 9.62 Å². The van der Waals surface area contributed by atoms with Crippen LogP contribution in [0.4, 0.5) is 8.78 Å². The van der Waals surface area contributed by atoms with Gasteiger partial charge in [0.15, 0.2) is 0 Å². The fraction of sp³-hybridized carbons (Fsp3) is 0.231. The maximum absolute atomic E-state index is 14.0. The van der Waals surface area contributed by atoms with Crippen molar-refractivity contribution < 1.29 is 26.8 Å². The van der Waals surface area contributed by atoms with Gasteiger partial charge >= 0.3 is 0 Å². The van der Waals surface area contributed by atoms with Crippen molar-refractivity contribution in [2.75, 3.05) is 0 Å². The molecule has 1 aliphatic carbocycles. The van der Waals surface area contributed by atoms with Gasteiger partial charge in [0.2, 0.25) is 15.9 Å². The summed E-state index contributed by atoms with van der Waals surface area (Å²) in [5, 5.41) is 3.21. The second kappa shape index (κ2) is 11.0. The van der Waals surface area contributed by atoms with Crippen molar-refractivity contribution in [3.05, 3.63) is 100 Å². The SMILES string of the molecule is NC(=O)C(c1cc(F)cc(F)c1)N(Cc1ccc(C(=O)NC2CCC2)cc1)S(=O)(=O)c1ccc(Cl)cc1. The van der Waals surface area contributed by atoms with Crippen LogP contribution >= 0.6 is 11.6 Å². The Hall–Kier alpha value is -3.34. The highest BCUT2D eigenvalue weighted by atomic mass is 35.5. The number of amides is 2. The Morgan fingerprint density at radius 3 is 2.11 bits per heavy atom. The zero-order valence-corrected chi connectivity index (χ0v) is 21.1. The summed E-state index contributed by atoms with van der Waals surface area (Å²) in [6, 6.07) is 12.1. The molecule has 11 heteroatoms. The lowest BCUT2D eigenvalue weighted by Gasteiger charge is -2.29. The largest absolute Gasteiger partial charge is 0.368 e. The Labute approximate surface area is 218 Å². The number of carbonyl (C=O) groups excluding carboxylic acids is 2. The number of sulfonamides is 1. The zero-order valence-electron chi connectivity index (χ0n) is 19.5. The van der Waals surface area contributed by atoms with E-state index in [1.807, 2.05) is 0 Å². The van der Waals surface area contributed by atoms with Crippen LogP contribution in [-0.4, -0.2) is 30.6 Å². The molecule has 0 spiro atoms. The fourth-order valence-electron chi connectivity index (χ4n) is 4.03. The Bertz CT molecular complexity index is 1390. The maximum Gasteiger partial charge on any atom is 0.251 e. The Kier molecular flexibility index (Phi) is 7.91. The van der Waals surface area contributed by atoms with Gasteiger partial charge in [0, 0.05) is 29.2 Å². The van der Waals surface area contributed by atoms with Gasteiger partial charge in [0.05, 0.1) is 4.90 Å². The quantitative estimate of drug-likeness (QED) is 0.416. The van der Waals surface area contributed by atoms with Gasteiger partial charge < -0.3 is 11.1 Å². The minimum Gasteiger partial charge on any atom is -0.368 e. The molecule has 1 unspecified atom stereocenters. The summed E-state index contributed by atoms with van der Waals surface area (Å²) in [7, 11) is -4.42. The predicted molar refractivity (Wildman–Crippen MR) is 134 cm³/mol. The van der Waals surface area contributed by atoms with E-state index in [1.54, 1.807) is 12.1 Å². The lowest BCUT2D eigenvalue weighted by Crippen LogP contribution is -2.41. The third kappa shape index (κ3) is 6.15. The first kappa shape index (κ1) is 26.7. The van der Waals surface area contributed by atoms with Gasteiger partial charge in [-0.05, 0) is 78.9 Å². The summed E-state index contributed by atoms with van der Waals surface area (Å²) in [6.07, 6.45) is 2.92. The van der Waals surface area contributed by atoms with Crippen LogP contribution in [0.15, 0.2) is 71.6 Å². The highest BCUT2D eigenvalue weighted by Crippen LogP contribution is 2.31. The molecule has 194 valence electrons. The molecule has 0 saturated heterocycles. The van der Waals surface area contributed by atoms with E-state index in [4.69, 9.17) is 17.3 Å². The molecule has 1 aliphatic rings. The van der Waals surface area contributed by atoms with E-state index in [0.29, 0.717) is 22.2 Å². The van der Waals surface area contributed by atoms with Crippen molar-refractivity contribution in [3.8, 4) is 0 Å². The number of hydrogen-bond acceptors (Lipinski definition) is 4. The first-order chi connectivity index (χ1) is 17.5. The highest BCUT2D eigenvalue weighted by Gasteiger charge is 2.37. The van der Waals surface area contributed by atoms with Gasteiger partial charge in [-0.3, -0.25) is 9.59 Å². The number of primary amides is 1. The molecule has 0 aliphatic heterocycles. The lowest BCUT2D eigenvalue weighted by molar-refractivity contribution is -0.122. The molecule has 2 amide bonds. The Morgan fingerprint density at radius 2 is 1.59 bits per heavy atom. The smallest absolute Gasteiger partial charge is 0.251 e. The number of nitrogens with one attached hydrogen (secondary N) is 1. The number of benzene rings is 3. The van der Waals surface area contributed by atoms with E-state index < -0.39 is 33.6 Å². The second-order valence-corrected chi connectivity index (χ2v) is 11.1. The number of carbonyl (C=O) groups is 2. The van der Waals surface area contributed by atoms with Gasteiger partial charge in [-0.2, -0.15) is 4.31 Å². The molecular formula is C26H24ClF2N3O4S. The molecule has 3 N–H and O–H groups in total. The average Bonchev–Trinajstić information content (AvgIpc) is 2.81. The summed E-state index contributed by atoms with van der Waals surface area (Å²) in [6.45, 7) is -0.374. The molecule has 1 atom stereocenters.